The highest BCUT2D eigenvalue weighted by Crippen LogP contribution is 2.35. The summed E-state index contributed by atoms with van der Waals surface area (Å²) in [7, 11) is 1.64. The van der Waals surface area contributed by atoms with Crippen LogP contribution in [0, 0.1) is 0 Å². The van der Waals surface area contributed by atoms with E-state index in [9.17, 15) is 4.79 Å². The van der Waals surface area contributed by atoms with Gasteiger partial charge in [-0.05, 0) is 47.9 Å². The highest BCUT2D eigenvalue weighted by Gasteiger charge is 2.22. The molecular formula is C24H32O3. The quantitative estimate of drug-likeness (QED) is 0.394. The minimum atomic E-state index is -0.310. The first-order chi connectivity index (χ1) is 12.9. The summed E-state index contributed by atoms with van der Waals surface area (Å²) in [6.07, 6.45) is 2.86. The molecule has 2 rings (SSSR count). The van der Waals surface area contributed by atoms with Gasteiger partial charge in [0.25, 0.3) is 0 Å². The molecule has 3 heteroatoms. The molecule has 0 unspecified atom stereocenters. The van der Waals surface area contributed by atoms with Crippen molar-refractivity contribution >= 4 is 5.97 Å². The summed E-state index contributed by atoms with van der Waals surface area (Å²) in [6, 6.07) is 11.7. The molecule has 27 heavy (non-hydrogen) atoms. The molecule has 0 aliphatic heterocycles. The second-order valence-corrected chi connectivity index (χ2v) is 7.55. The Bertz CT molecular complexity index is 749. The van der Waals surface area contributed by atoms with Gasteiger partial charge >= 0.3 is 5.97 Å². The number of benzene rings is 2. The van der Waals surface area contributed by atoms with Crippen molar-refractivity contribution in [2.75, 3.05) is 7.11 Å². The molecule has 2 aromatic rings. The zero-order valence-electron chi connectivity index (χ0n) is 17.5. The largest absolute Gasteiger partial charge is 0.496 e. The Morgan fingerprint density at radius 3 is 2.07 bits per heavy atom. The predicted octanol–water partition coefficient (Wildman–Crippen LogP) is 6.50. The van der Waals surface area contributed by atoms with Crippen LogP contribution < -0.4 is 9.47 Å². The Hall–Kier alpha value is -2.29. The Morgan fingerprint density at radius 2 is 1.56 bits per heavy atom. The van der Waals surface area contributed by atoms with Gasteiger partial charge in [-0.25, -0.2) is 4.79 Å². The second kappa shape index (κ2) is 9.59. The van der Waals surface area contributed by atoms with Crippen molar-refractivity contribution < 1.29 is 14.3 Å². The Labute approximate surface area is 163 Å². The van der Waals surface area contributed by atoms with Crippen LogP contribution in [0.25, 0.3) is 0 Å². The summed E-state index contributed by atoms with van der Waals surface area (Å²) >= 11 is 0. The summed E-state index contributed by atoms with van der Waals surface area (Å²) < 4.78 is 11.5. The number of carbonyl (C=O) groups is 1. The van der Waals surface area contributed by atoms with Crippen LogP contribution in [0.1, 0.15) is 86.3 Å². The number of hydrogen-bond acceptors (Lipinski definition) is 3. The minimum absolute atomic E-state index is 0.274. The van der Waals surface area contributed by atoms with Crippen molar-refractivity contribution in [3.8, 4) is 11.5 Å². The van der Waals surface area contributed by atoms with E-state index in [0.29, 0.717) is 11.3 Å². The molecule has 0 amide bonds. The lowest BCUT2D eigenvalue weighted by Gasteiger charge is -2.20. The van der Waals surface area contributed by atoms with Gasteiger partial charge in [-0.3, -0.25) is 0 Å². The van der Waals surface area contributed by atoms with Gasteiger partial charge in [0.15, 0.2) is 0 Å². The van der Waals surface area contributed by atoms with E-state index < -0.39 is 0 Å². The van der Waals surface area contributed by atoms with Gasteiger partial charge in [0.05, 0.1) is 12.7 Å². The number of hydrogen-bond donors (Lipinski definition) is 0. The maximum Gasteiger partial charge on any atom is 0.343 e. The third-order valence-corrected chi connectivity index (χ3v) is 4.87. The monoisotopic (exact) mass is 368 g/mol. The summed E-state index contributed by atoms with van der Waals surface area (Å²) in [4.78, 5) is 13.1. The molecule has 0 N–H and O–H groups in total. The van der Waals surface area contributed by atoms with Crippen molar-refractivity contribution in [1.82, 2.24) is 0 Å². The third kappa shape index (κ3) is 4.91. The fourth-order valence-electron chi connectivity index (χ4n) is 3.31. The van der Waals surface area contributed by atoms with Crippen LogP contribution in [0.4, 0.5) is 0 Å². The molecule has 0 aliphatic rings. The zero-order valence-corrected chi connectivity index (χ0v) is 17.5. The number of unbranched alkanes of at least 4 members (excludes halogenated alkanes) is 1. The first-order valence-corrected chi connectivity index (χ1v) is 9.91. The molecule has 0 saturated heterocycles. The van der Waals surface area contributed by atoms with Gasteiger partial charge in [0.1, 0.15) is 11.5 Å². The lowest BCUT2D eigenvalue weighted by atomic mass is 9.94. The van der Waals surface area contributed by atoms with E-state index >= 15 is 0 Å². The van der Waals surface area contributed by atoms with Crippen LogP contribution in [0.3, 0.4) is 0 Å². The van der Waals surface area contributed by atoms with Crippen LogP contribution in [-0.2, 0) is 6.42 Å². The molecule has 0 spiro atoms. The van der Waals surface area contributed by atoms with Crippen molar-refractivity contribution in [1.29, 1.82) is 0 Å². The molecule has 0 bridgehead atoms. The van der Waals surface area contributed by atoms with E-state index in [4.69, 9.17) is 9.47 Å². The van der Waals surface area contributed by atoms with Gasteiger partial charge in [-0.1, -0.05) is 65.3 Å². The molecule has 2 aromatic carbocycles. The molecule has 0 saturated carbocycles. The first kappa shape index (κ1) is 21.0. The fraction of sp³-hybridized carbons (Fsp3) is 0.458. The van der Waals surface area contributed by atoms with Gasteiger partial charge < -0.3 is 9.47 Å². The van der Waals surface area contributed by atoms with Crippen LogP contribution in [0.15, 0.2) is 36.4 Å². The van der Waals surface area contributed by atoms with E-state index in [1.807, 2.05) is 36.4 Å². The lowest BCUT2D eigenvalue weighted by molar-refractivity contribution is 0.0729. The summed E-state index contributed by atoms with van der Waals surface area (Å²) in [6.45, 7) is 10.6. The third-order valence-electron chi connectivity index (χ3n) is 4.87. The average molecular weight is 369 g/mol. The molecule has 0 atom stereocenters. The molecule has 3 nitrogen and oxygen atoms in total. The standard InChI is InChI=1S/C24H32O3/c1-7-8-11-20-21(14-10-15-22(20)26-6)24(25)27-23-18(16(2)3)12-9-13-19(23)17(4)5/h9-10,12-17H,7-8,11H2,1-6H3. The van der Waals surface area contributed by atoms with Gasteiger partial charge in [0, 0.05) is 5.56 Å². The predicted molar refractivity (Wildman–Crippen MR) is 111 cm³/mol. The van der Waals surface area contributed by atoms with E-state index in [1.165, 1.54) is 0 Å². The maximum atomic E-state index is 13.1. The van der Waals surface area contributed by atoms with Gasteiger partial charge in [0.2, 0.25) is 0 Å². The number of carbonyl (C=O) groups excluding carboxylic acids is 1. The topological polar surface area (TPSA) is 35.5 Å². The normalized spacial score (nSPS) is 11.1. The number of para-hydroxylation sites is 1. The number of rotatable bonds is 8. The van der Waals surface area contributed by atoms with Crippen LogP contribution >= 0.6 is 0 Å². The highest BCUT2D eigenvalue weighted by atomic mass is 16.5. The van der Waals surface area contributed by atoms with Crippen LogP contribution in [0.2, 0.25) is 0 Å². The van der Waals surface area contributed by atoms with Crippen molar-refractivity contribution in [3.63, 3.8) is 0 Å². The van der Waals surface area contributed by atoms with Gasteiger partial charge in [-0.2, -0.15) is 0 Å². The Balaban J connectivity index is 2.47. The van der Waals surface area contributed by atoms with Crippen molar-refractivity contribution in [3.05, 3.63) is 58.7 Å². The van der Waals surface area contributed by atoms with Crippen LogP contribution in [0.5, 0.6) is 11.5 Å². The van der Waals surface area contributed by atoms with Gasteiger partial charge in [-0.15, -0.1) is 0 Å². The number of methoxy groups -OCH3 is 1. The van der Waals surface area contributed by atoms with E-state index in [-0.39, 0.29) is 17.8 Å². The fourth-order valence-corrected chi connectivity index (χ4v) is 3.31. The number of esters is 1. The van der Waals surface area contributed by atoms with E-state index in [1.54, 1.807) is 7.11 Å². The highest BCUT2D eigenvalue weighted by molar-refractivity contribution is 5.93. The summed E-state index contributed by atoms with van der Waals surface area (Å²) in [5.74, 6) is 1.69. The molecule has 146 valence electrons. The lowest BCUT2D eigenvalue weighted by Crippen LogP contribution is -2.15. The van der Waals surface area contributed by atoms with E-state index in [2.05, 4.69) is 34.6 Å². The molecule has 0 heterocycles. The van der Waals surface area contributed by atoms with Crippen LogP contribution in [-0.4, -0.2) is 13.1 Å². The summed E-state index contributed by atoms with van der Waals surface area (Å²) in [5.41, 5.74) is 3.65. The smallest absolute Gasteiger partial charge is 0.343 e. The van der Waals surface area contributed by atoms with Crippen molar-refractivity contribution in [2.24, 2.45) is 0 Å². The SMILES string of the molecule is CCCCc1c(OC)cccc1C(=O)Oc1c(C(C)C)cccc1C(C)C. The molecule has 0 radical (unpaired) electrons. The zero-order chi connectivity index (χ0) is 20.0. The molecule has 0 fully saturated rings. The Kier molecular flexibility index (Phi) is 7.46. The van der Waals surface area contributed by atoms with E-state index in [0.717, 1.165) is 41.7 Å². The number of ether oxygens (including phenoxy) is 2. The molecule has 0 aliphatic carbocycles. The minimum Gasteiger partial charge on any atom is -0.496 e. The molecular weight excluding hydrogens is 336 g/mol. The van der Waals surface area contributed by atoms with Crippen molar-refractivity contribution in [2.45, 2.75) is 65.7 Å². The molecule has 0 aromatic heterocycles. The first-order valence-electron chi connectivity index (χ1n) is 9.91. The second-order valence-electron chi connectivity index (χ2n) is 7.55. The average Bonchev–Trinajstić information content (AvgIpc) is 2.65. The maximum absolute atomic E-state index is 13.1. The Morgan fingerprint density at radius 1 is 0.963 bits per heavy atom. The summed E-state index contributed by atoms with van der Waals surface area (Å²) in [5, 5.41) is 0.